The summed E-state index contributed by atoms with van der Waals surface area (Å²) in [6.45, 7) is 5.82. The molecule has 1 amide bonds. The van der Waals surface area contributed by atoms with Gasteiger partial charge in [0.25, 0.3) is 0 Å². The van der Waals surface area contributed by atoms with Crippen LogP contribution in [-0.4, -0.2) is 69.3 Å². The fourth-order valence-electron chi connectivity index (χ4n) is 6.02. The van der Waals surface area contributed by atoms with Crippen molar-refractivity contribution in [3.63, 3.8) is 0 Å². The van der Waals surface area contributed by atoms with Gasteiger partial charge in [-0.15, -0.1) is 0 Å². The average Bonchev–Trinajstić information content (AvgIpc) is 2.92. The maximum Gasteiger partial charge on any atom is 0.310 e. The lowest BCUT2D eigenvalue weighted by Crippen LogP contribution is -2.62. The molecule has 0 N–H and O–H groups in total. The molecule has 0 aliphatic carbocycles. The minimum absolute atomic E-state index is 0.0547. The Kier molecular flexibility index (Phi) is 6.84. The second-order valence-electron chi connectivity index (χ2n) is 9.69. The molecule has 7 nitrogen and oxygen atoms in total. The van der Waals surface area contributed by atoms with Crippen LogP contribution < -0.4 is 14.5 Å². The van der Waals surface area contributed by atoms with Gasteiger partial charge in [0.05, 0.1) is 37.3 Å². The summed E-state index contributed by atoms with van der Waals surface area (Å²) in [5.74, 6) is 0.443. The fourth-order valence-corrected chi connectivity index (χ4v) is 6.02. The van der Waals surface area contributed by atoms with Gasteiger partial charge in [0.15, 0.2) is 0 Å². The van der Waals surface area contributed by atoms with Gasteiger partial charge >= 0.3 is 5.97 Å². The number of rotatable bonds is 5. The van der Waals surface area contributed by atoms with Gasteiger partial charge < -0.3 is 24.2 Å². The van der Waals surface area contributed by atoms with Crippen LogP contribution in [0, 0.1) is 11.8 Å². The van der Waals surface area contributed by atoms with E-state index < -0.39 is 0 Å². The normalized spacial score (nSPS) is 23.8. The maximum absolute atomic E-state index is 14.0. The van der Waals surface area contributed by atoms with E-state index in [4.69, 9.17) is 9.47 Å². The molecule has 0 aromatic heterocycles. The van der Waals surface area contributed by atoms with Gasteiger partial charge in [-0.2, -0.15) is 0 Å². The molecular weight excluding hydrogens is 442 g/mol. The molecule has 0 radical (unpaired) electrons. The molecule has 3 aliphatic heterocycles. The minimum atomic E-state index is -0.226. The van der Waals surface area contributed by atoms with Gasteiger partial charge in [0, 0.05) is 38.4 Å². The van der Waals surface area contributed by atoms with Crippen LogP contribution in [0.5, 0.6) is 5.75 Å². The predicted molar refractivity (Wildman–Crippen MR) is 136 cm³/mol. The summed E-state index contributed by atoms with van der Waals surface area (Å²) in [7, 11) is 1.70. The number of amides is 1. The zero-order valence-corrected chi connectivity index (χ0v) is 20.7. The van der Waals surface area contributed by atoms with E-state index in [9.17, 15) is 9.59 Å². The van der Waals surface area contributed by atoms with Crippen LogP contribution in [0.3, 0.4) is 0 Å². The van der Waals surface area contributed by atoms with Crippen LogP contribution in [0.2, 0.25) is 0 Å². The molecular formula is C28H35N3O4. The standard InChI is InChI=1S/C28H35N3O4/c1-3-35-28(33)21-10-8-14-30(18-21)27(32)22-17-20-9-4-5-11-23(20)31-16-15-29(19-25(22)31)24-12-6-7-13-26(24)34-2/h4-7,9,11-13,21-22,25H,3,8,10,14-19H2,1-2H3. The SMILES string of the molecule is CCOC(=O)C1CCCN(C(=O)C2Cc3ccccc3N3CCN(c4ccccc4OC)CC23)C1. The Morgan fingerprint density at radius 3 is 2.54 bits per heavy atom. The maximum atomic E-state index is 14.0. The number of ether oxygens (including phenoxy) is 2. The van der Waals surface area contributed by atoms with Crippen LogP contribution in [0.25, 0.3) is 0 Å². The number of likely N-dealkylation sites (tertiary alicyclic amines) is 1. The number of esters is 1. The number of benzene rings is 2. The quantitative estimate of drug-likeness (QED) is 0.616. The van der Waals surface area contributed by atoms with Crippen LogP contribution in [0.15, 0.2) is 48.5 Å². The van der Waals surface area contributed by atoms with Gasteiger partial charge in [-0.25, -0.2) is 0 Å². The molecule has 2 fully saturated rings. The summed E-state index contributed by atoms with van der Waals surface area (Å²) in [6, 6.07) is 16.6. The summed E-state index contributed by atoms with van der Waals surface area (Å²) in [5.41, 5.74) is 3.54. The molecule has 3 aliphatic rings. The molecule has 186 valence electrons. The molecule has 5 rings (SSSR count). The summed E-state index contributed by atoms with van der Waals surface area (Å²) < 4.78 is 10.9. The Hall–Kier alpha value is -3.22. The number of methoxy groups -OCH3 is 1. The van der Waals surface area contributed by atoms with E-state index in [0.717, 1.165) is 50.3 Å². The number of piperidine rings is 1. The molecule has 3 unspecified atom stereocenters. The lowest BCUT2D eigenvalue weighted by atomic mass is 9.82. The molecule has 0 spiro atoms. The van der Waals surface area contributed by atoms with Gasteiger partial charge in [-0.1, -0.05) is 30.3 Å². The second-order valence-corrected chi connectivity index (χ2v) is 9.69. The number of hydrogen-bond donors (Lipinski definition) is 0. The summed E-state index contributed by atoms with van der Waals surface area (Å²) >= 11 is 0. The number of hydrogen-bond acceptors (Lipinski definition) is 6. The largest absolute Gasteiger partial charge is 0.495 e. The number of fused-ring (bicyclic) bond motifs is 3. The van der Waals surface area contributed by atoms with Crippen molar-refractivity contribution in [1.82, 2.24) is 4.90 Å². The number of nitrogens with zero attached hydrogens (tertiary/aromatic N) is 3. The van der Waals surface area contributed by atoms with Gasteiger partial charge in [-0.3, -0.25) is 9.59 Å². The second kappa shape index (κ2) is 10.2. The molecule has 2 saturated heterocycles. The highest BCUT2D eigenvalue weighted by atomic mass is 16.5. The number of piperazine rings is 1. The number of para-hydroxylation sites is 3. The Labute approximate surface area is 207 Å². The first-order chi connectivity index (χ1) is 17.1. The van der Waals surface area contributed by atoms with E-state index >= 15 is 0 Å². The highest BCUT2D eigenvalue weighted by Crippen LogP contribution is 2.39. The molecule has 35 heavy (non-hydrogen) atoms. The van der Waals surface area contributed by atoms with E-state index in [1.807, 2.05) is 30.0 Å². The Morgan fingerprint density at radius 1 is 0.971 bits per heavy atom. The first-order valence-corrected chi connectivity index (χ1v) is 12.8. The van der Waals surface area contributed by atoms with Crippen molar-refractivity contribution in [2.75, 3.05) is 56.2 Å². The number of carbonyl (C=O) groups is 2. The van der Waals surface area contributed by atoms with Crippen LogP contribution in [-0.2, 0) is 20.7 Å². The highest BCUT2D eigenvalue weighted by Gasteiger charge is 2.44. The monoisotopic (exact) mass is 477 g/mol. The number of carbonyl (C=O) groups excluding carboxylic acids is 2. The first kappa shape index (κ1) is 23.5. The topological polar surface area (TPSA) is 62.3 Å². The number of anilines is 2. The van der Waals surface area contributed by atoms with Crippen LogP contribution in [0.1, 0.15) is 25.3 Å². The van der Waals surface area contributed by atoms with Crippen molar-refractivity contribution in [3.8, 4) is 5.75 Å². The molecule has 0 bridgehead atoms. The highest BCUT2D eigenvalue weighted by molar-refractivity contribution is 5.83. The molecule has 3 heterocycles. The third-order valence-electron chi connectivity index (χ3n) is 7.72. The average molecular weight is 478 g/mol. The Morgan fingerprint density at radius 2 is 1.74 bits per heavy atom. The molecule has 0 saturated carbocycles. The summed E-state index contributed by atoms with van der Waals surface area (Å²) in [6.07, 6.45) is 2.34. The van der Waals surface area contributed by atoms with Crippen molar-refractivity contribution in [2.24, 2.45) is 11.8 Å². The van der Waals surface area contributed by atoms with Gasteiger partial charge in [0.2, 0.25) is 5.91 Å². The van der Waals surface area contributed by atoms with E-state index in [1.165, 1.54) is 11.3 Å². The van der Waals surface area contributed by atoms with Crippen molar-refractivity contribution >= 4 is 23.3 Å². The minimum Gasteiger partial charge on any atom is -0.495 e. The van der Waals surface area contributed by atoms with E-state index in [2.05, 4.69) is 40.1 Å². The van der Waals surface area contributed by atoms with Crippen molar-refractivity contribution in [1.29, 1.82) is 0 Å². The van der Waals surface area contributed by atoms with Crippen molar-refractivity contribution in [3.05, 3.63) is 54.1 Å². The molecule has 2 aromatic rings. The fraction of sp³-hybridized carbons (Fsp3) is 0.500. The summed E-state index contributed by atoms with van der Waals surface area (Å²) in [5, 5.41) is 0. The molecule has 3 atom stereocenters. The smallest absolute Gasteiger partial charge is 0.310 e. The Balaban J connectivity index is 1.42. The lowest BCUT2D eigenvalue weighted by Gasteiger charge is -2.50. The summed E-state index contributed by atoms with van der Waals surface area (Å²) in [4.78, 5) is 33.1. The zero-order chi connectivity index (χ0) is 24.4. The van der Waals surface area contributed by atoms with E-state index in [0.29, 0.717) is 19.7 Å². The van der Waals surface area contributed by atoms with E-state index in [-0.39, 0.29) is 29.8 Å². The van der Waals surface area contributed by atoms with Crippen LogP contribution >= 0.6 is 0 Å². The van der Waals surface area contributed by atoms with Crippen molar-refractivity contribution < 1.29 is 19.1 Å². The van der Waals surface area contributed by atoms with E-state index in [1.54, 1.807) is 7.11 Å². The third kappa shape index (κ3) is 4.56. The predicted octanol–water partition coefficient (Wildman–Crippen LogP) is 3.36. The lowest BCUT2D eigenvalue weighted by molar-refractivity contribution is -0.152. The molecule has 2 aromatic carbocycles. The first-order valence-electron chi connectivity index (χ1n) is 12.8. The molecule has 7 heteroatoms. The van der Waals surface area contributed by atoms with Gasteiger partial charge in [-0.05, 0) is 49.9 Å². The third-order valence-corrected chi connectivity index (χ3v) is 7.72. The van der Waals surface area contributed by atoms with Crippen LogP contribution in [0.4, 0.5) is 11.4 Å². The zero-order valence-electron chi connectivity index (χ0n) is 20.7. The Bertz CT molecular complexity index is 1070. The van der Waals surface area contributed by atoms with Gasteiger partial charge in [0.1, 0.15) is 5.75 Å². The van der Waals surface area contributed by atoms with Crippen molar-refractivity contribution in [2.45, 2.75) is 32.2 Å².